The number of alkyl halides is 1. The maximum Gasteiger partial charge on any atom is 0.410 e. The van der Waals surface area contributed by atoms with E-state index in [0.717, 1.165) is 60.5 Å². The first kappa shape index (κ1) is 37.2. The zero-order valence-electron chi connectivity index (χ0n) is 32.5. The van der Waals surface area contributed by atoms with Crippen molar-refractivity contribution in [1.29, 1.82) is 0 Å². The average molecular weight is 773 g/mol. The molecular formula is C42H50F2N6O6. The molecule has 56 heavy (non-hydrogen) atoms. The van der Waals surface area contributed by atoms with Gasteiger partial charge >= 0.3 is 12.1 Å². The number of hydrogen-bond donors (Lipinski definition) is 1. The lowest BCUT2D eigenvalue weighted by Crippen LogP contribution is -2.57. The van der Waals surface area contributed by atoms with Crippen LogP contribution >= 0.6 is 0 Å². The van der Waals surface area contributed by atoms with Gasteiger partial charge in [0, 0.05) is 51.5 Å². The third-order valence-corrected chi connectivity index (χ3v) is 12.4. The Balaban J connectivity index is 1.15. The number of benzene rings is 2. The highest BCUT2D eigenvalue weighted by Crippen LogP contribution is 2.44. The molecule has 1 unspecified atom stereocenters. The fourth-order valence-corrected chi connectivity index (χ4v) is 10.0. The summed E-state index contributed by atoms with van der Waals surface area (Å²) in [5.41, 5.74) is 1.82. The molecule has 4 saturated heterocycles. The molecule has 9 rings (SSSR count). The van der Waals surface area contributed by atoms with Crippen molar-refractivity contribution in [1.82, 2.24) is 24.8 Å². The number of fused-ring (bicyclic) bond motifs is 7. The second-order valence-electron chi connectivity index (χ2n) is 17.3. The highest BCUT2D eigenvalue weighted by molar-refractivity contribution is 6.02. The molecule has 0 spiro atoms. The number of aliphatic hydroxyl groups is 1. The summed E-state index contributed by atoms with van der Waals surface area (Å²) in [6, 6.07) is 7.56. The third kappa shape index (κ3) is 6.56. The summed E-state index contributed by atoms with van der Waals surface area (Å²) in [4.78, 5) is 33.9. The van der Waals surface area contributed by atoms with Crippen LogP contribution < -0.4 is 14.4 Å². The number of carbonyl (C=O) groups is 1. The number of nitrogens with zero attached hydrogens (tertiary/aromatic N) is 6. The summed E-state index contributed by atoms with van der Waals surface area (Å²) >= 11 is 0. The molecule has 298 valence electrons. The number of methoxy groups -OCH3 is 1. The van der Waals surface area contributed by atoms with E-state index in [0.29, 0.717) is 55.0 Å². The Hall–Kier alpha value is -4.40. The standard InChI is InChI=1S/C42H50F2N6O6/c1-41(2,3)56-40(52)50-28-8-9-29(50)20-48(19-28)38-33-17-45-36(35(44)37(33)46-39(47-38)54-22-42-10-5-11-49(42)18-27(43)16-42)32-15-30(55-23-53-4)14-26-7-6-25-12-24(21-51)13-31(25)34(26)32/h6-7,14-15,17,24,27-29,51H,5,8-13,16,18-23H2,1-4H3/t24?,27-,28-,29+,42+/m1/s1. The summed E-state index contributed by atoms with van der Waals surface area (Å²) in [7, 11) is 1.54. The number of pyridine rings is 1. The van der Waals surface area contributed by atoms with Crippen molar-refractivity contribution in [2.75, 3.05) is 58.2 Å². The number of amides is 1. The monoisotopic (exact) mass is 772 g/mol. The second kappa shape index (κ2) is 14.2. The fraction of sp³-hybridized carbons (Fsp3) is 0.571. The Kier molecular flexibility index (Phi) is 9.44. The molecule has 14 heteroatoms. The number of rotatable bonds is 9. The Labute approximate surface area is 325 Å². The Bertz CT molecular complexity index is 2170. The molecule has 4 aliphatic heterocycles. The van der Waals surface area contributed by atoms with E-state index in [1.165, 1.54) is 0 Å². The molecule has 2 aromatic heterocycles. The van der Waals surface area contributed by atoms with Crippen LogP contribution in [0.3, 0.4) is 0 Å². The minimum Gasteiger partial charge on any atom is -0.468 e. The Morgan fingerprint density at radius 3 is 2.62 bits per heavy atom. The summed E-state index contributed by atoms with van der Waals surface area (Å²) < 4.78 is 55.5. The quantitative estimate of drug-likeness (QED) is 0.195. The van der Waals surface area contributed by atoms with Crippen molar-refractivity contribution < 1.29 is 37.6 Å². The molecular weight excluding hydrogens is 722 g/mol. The van der Waals surface area contributed by atoms with Crippen LogP contribution in [0.5, 0.6) is 11.8 Å². The number of anilines is 1. The maximum atomic E-state index is 17.5. The van der Waals surface area contributed by atoms with E-state index >= 15 is 4.39 Å². The zero-order chi connectivity index (χ0) is 38.9. The predicted octanol–water partition coefficient (Wildman–Crippen LogP) is 6.22. The lowest BCUT2D eigenvalue weighted by atomic mass is 9.93. The van der Waals surface area contributed by atoms with Crippen molar-refractivity contribution in [3.05, 3.63) is 47.4 Å². The summed E-state index contributed by atoms with van der Waals surface area (Å²) in [6.07, 6.45) is 5.52. The molecule has 5 atom stereocenters. The van der Waals surface area contributed by atoms with Gasteiger partial charge in [-0.15, -0.1) is 0 Å². The molecule has 4 fully saturated rings. The molecule has 1 N–H and O–H groups in total. The van der Waals surface area contributed by atoms with Crippen LogP contribution in [-0.4, -0.2) is 119 Å². The number of aliphatic hydroxyl groups excluding tert-OH is 1. The van der Waals surface area contributed by atoms with Crippen molar-refractivity contribution in [2.24, 2.45) is 5.92 Å². The first-order valence-corrected chi connectivity index (χ1v) is 19.9. The Morgan fingerprint density at radius 2 is 1.88 bits per heavy atom. The van der Waals surface area contributed by atoms with Gasteiger partial charge in [-0.05, 0) is 106 Å². The molecule has 12 nitrogen and oxygen atoms in total. The predicted molar refractivity (Wildman–Crippen MR) is 206 cm³/mol. The number of hydrogen-bond acceptors (Lipinski definition) is 11. The van der Waals surface area contributed by atoms with Crippen molar-refractivity contribution in [3.8, 4) is 23.0 Å². The SMILES string of the molecule is COCOc1cc(-c2ncc3c(N4C[C@H]5CC[C@@H](C4)N5C(=O)OC(C)(C)C)nc(OC[C@@]45CCCN4C[C@H](F)C5)nc3c2F)c2c3c(ccc2c1)CC(CO)C3. The molecule has 2 aromatic carbocycles. The van der Waals surface area contributed by atoms with Gasteiger partial charge in [0.1, 0.15) is 41.2 Å². The lowest BCUT2D eigenvalue weighted by Gasteiger charge is -2.42. The van der Waals surface area contributed by atoms with Crippen LogP contribution in [0.25, 0.3) is 32.9 Å². The first-order valence-electron chi connectivity index (χ1n) is 19.9. The number of carbonyl (C=O) groups excluding carboxylic acids is 1. The van der Waals surface area contributed by atoms with Crippen LogP contribution in [0, 0.1) is 11.7 Å². The van der Waals surface area contributed by atoms with Gasteiger partial charge in [-0.25, -0.2) is 13.6 Å². The van der Waals surface area contributed by atoms with Gasteiger partial charge < -0.3 is 29.0 Å². The number of aromatic nitrogens is 3. The first-order chi connectivity index (χ1) is 26.9. The normalized spacial score (nSPS) is 26.0. The third-order valence-electron chi connectivity index (χ3n) is 12.4. The molecule has 5 aliphatic rings. The van der Waals surface area contributed by atoms with Gasteiger partial charge in [0.05, 0.1) is 23.0 Å². The van der Waals surface area contributed by atoms with E-state index < -0.39 is 23.1 Å². The van der Waals surface area contributed by atoms with E-state index in [4.69, 9.17) is 33.9 Å². The highest BCUT2D eigenvalue weighted by atomic mass is 19.1. The summed E-state index contributed by atoms with van der Waals surface area (Å²) in [5, 5.41) is 12.2. The minimum atomic E-state index is -0.928. The number of ether oxygens (including phenoxy) is 4. The van der Waals surface area contributed by atoms with Gasteiger partial charge in [0.25, 0.3) is 0 Å². The van der Waals surface area contributed by atoms with E-state index in [-0.39, 0.29) is 61.3 Å². The fourth-order valence-electron chi connectivity index (χ4n) is 10.0. The van der Waals surface area contributed by atoms with Crippen molar-refractivity contribution in [3.63, 3.8) is 0 Å². The van der Waals surface area contributed by atoms with Crippen LogP contribution in [0.2, 0.25) is 0 Å². The number of halogens is 2. The second-order valence-corrected chi connectivity index (χ2v) is 17.3. The number of piperazine rings is 1. The Morgan fingerprint density at radius 1 is 1.07 bits per heavy atom. The van der Waals surface area contributed by atoms with E-state index in [1.54, 1.807) is 19.4 Å². The van der Waals surface area contributed by atoms with Crippen LogP contribution in [0.1, 0.15) is 64.0 Å². The van der Waals surface area contributed by atoms with E-state index in [2.05, 4.69) is 15.9 Å². The molecule has 2 bridgehead atoms. The van der Waals surface area contributed by atoms with Crippen LogP contribution in [0.15, 0.2) is 30.5 Å². The smallest absolute Gasteiger partial charge is 0.410 e. The molecule has 1 aliphatic carbocycles. The van der Waals surface area contributed by atoms with Crippen molar-refractivity contribution in [2.45, 2.75) is 95.1 Å². The van der Waals surface area contributed by atoms with Gasteiger partial charge in [-0.3, -0.25) is 14.8 Å². The van der Waals surface area contributed by atoms with E-state index in [9.17, 15) is 14.3 Å². The molecule has 6 heterocycles. The maximum absolute atomic E-state index is 17.5. The molecule has 4 aromatic rings. The van der Waals surface area contributed by atoms with E-state index in [1.807, 2.05) is 37.8 Å². The largest absolute Gasteiger partial charge is 0.468 e. The average Bonchev–Trinajstić information content (AvgIpc) is 3.91. The topological polar surface area (TPSA) is 123 Å². The van der Waals surface area contributed by atoms with Gasteiger partial charge in [-0.1, -0.05) is 12.1 Å². The van der Waals surface area contributed by atoms with Gasteiger partial charge in [-0.2, -0.15) is 9.97 Å². The summed E-state index contributed by atoms with van der Waals surface area (Å²) in [5.74, 6) is 0.427. The van der Waals surface area contributed by atoms with Crippen LogP contribution in [-0.2, 0) is 22.3 Å². The molecule has 0 saturated carbocycles. The lowest BCUT2D eigenvalue weighted by molar-refractivity contribution is 0.0122. The highest BCUT2D eigenvalue weighted by Gasteiger charge is 2.50. The van der Waals surface area contributed by atoms with Gasteiger partial charge in [0.15, 0.2) is 12.6 Å². The zero-order valence-corrected chi connectivity index (χ0v) is 32.5. The van der Waals surface area contributed by atoms with Crippen molar-refractivity contribution >= 4 is 33.6 Å². The van der Waals surface area contributed by atoms with Crippen LogP contribution in [0.4, 0.5) is 19.4 Å². The van der Waals surface area contributed by atoms with Gasteiger partial charge in [0.2, 0.25) is 0 Å². The minimum absolute atomic E-state index is 0.0125. The molecule has 1 amide bonds. The summed E-state index contributed by atoms with van der Waals surface area (Å²) in [6.45, 7) is 7.98. The molecule has 0 radical (unpaired) electrons.